The van der Waals surface area contributed by atoms with Crippen LogP contribution >= 0.6 is 0 Å². The largest absolute Gasteiger partial charge is 0.458 e. The van der Waals surface area contributed by atoms with Crippen LogP contribution in [0.15, 0.2) is 103 Å². The molecule has 0 unspecified atom stereocenters. The third kappa shape index (κ3) is 5.33. The highest BCUT2D eigenvalue weighted by Gasteiger charge is 2.70. The fourth-order valence-electron chi connectivity index (χ4n) is 10.1. The molecule has 45 heavy (non-hydrogen) atoms. The van der Waals surface area contributed by atoms with Crippen LogP contribution in [-0.4, -0.2) is 24.6 Å². The monoisotopic (exact) mass is 604 g/mol. The Balaban J connectivity index is 1.19. The minimum absolute atomic E-state index is 0.0547. The molecule has 0 aliphatic heterocycles. The molecule has 0 amide bonds. The molecule has 4 aliphatic rings. The van der Waals surface area contributed by atoms with Crippen molar-refractivity contribution in [2.24, 2.45) is 34.0 Å². The smallest absolute Gasteiger partial charge is 0.343 e. The molecule has 5 nitrogen and oxygen atoms in total. The Morgan fingerprint density at radius 3 is 2.13 bits per heavy atom. The molecule has 5 heteroatoms. The molecule has 3 fully saturated rings. The molecule has 7 atom stereocenters. The summed E-state index contributed by atoms with van der Waals surface area (Å²) in [7, 11) is 0. The average molecular weight is 605 g/mol. The zero-order valence-electron chi connectivity index (χ0n) is 26.5. The highest BCUT2D eigenvalue weighted by molar-refractivity contribution is 5.90. The molecule has 0 N–H and O–H groups in total. The Morgan fingerprint density at radius 2 is 1.44 bits per heavy atom. The number of allylic oxidation sites excluding steroid dienone is 2. The SMILES string of the molecule is C[C@@]1(COCc2ccccc2)CCC[C@@]2(C)[C@H]1[C@H](OC(=O)c1ccccc1)C[C@H]1C[C@@H]3C[C@@]12CC=C3OC(=O)c1ccccc1. The minimum Gasteiger partial charge on any atom is -0.458 e. The fraction of sp³-hybridized carbons (Fsp3) is 0.450. The number of hydrogen-bond acceptors (Lipinski definition) is 5. The topological polar surface area (TPSA) is 61.8 Å². The lowest BCUT2D eigenvalue weighted by Gasteiger charge is -2.66. The van der Waals surface area contributed by atoms with Gasteiger partial charge in [0.1, 0.15) is 11.9 Å². The van der Waals surface area contributed by atoms with Crippen LogP contribution in [0.25, 0.3) is 0 Å². The second kappa shape index (κ2) is 11.9. The summed E-state index contributed by atoms with van der Waals surface area (Å²) in [5, 5.41) is 0. The van der Waals surface area contributed by atoms with E-state index >= 15 is 0 Å². The van der Waals surface area contributed by atoms with Crippen LogP contribution in [0.5, 0.6) is 0 Å². The number of hydrogen-bond donors (Lipinski definition) is 0. The van der Waals surface area contributed by atoms with Gasteiger partial charge in [0.05, 0.1) is 24.3 Å². The van der Waals surface area contributed by atoms with E-state index in [9.17, 15) is 9.59 Å². The Kier molecular flexibility index (Phi) is 7.93. The first-order chi connectivity index (χ1) is 21.8. The zero-order chi connectivity index (χ0) is 31.1. The van der Waals surface area contributed by atoms with E-state index in [0.717, 1.165) is 50.7 Å². The molecule has 0 heterocycles. The molecular weight excluding hydrogens is 560 g/mol. The second-order valence-electron chi connectivity index (χ2n) is 14.5. The Labute approximate surface area is 267 Å². The Hall–Kier alpha value is -3.70. The molecule has 3 aromatic rings. The number of ether oxygens (including phenoxy) is 3. The van der Waals surface area contributed by atoms with E-state index in [1.165, 1.54) is 5.56 Å². The summed E-state index contributed by atoms with van der Waals surface area (Å²) in [5.74, 6) is 1.03. The molecule has 0 radical (unpaired) electrons. The van der Waals surface area contributed by atoms with Crippen LogP contribution in [-0.2, 0) is 20.8 Å². The van der Waals surface area contributed by atoms with Crippen molar-refractivity contribution in [3.63, 3.8) is 0 Å². The molecule has 234 valence electrons. The number of fused-ring (bicyclic) bond motifs is 2. The molecule has 7 rings (SSSR count). The van der Waals surface area contributed by atoms with Crippen molar-refractivity contribution in [3.05, 3.63) is 120 Å². The quantitative estimate of drug-likeness (QED) is 0.241. The van der Waals surface area contributed by atoms with Gasteiger partial charge in [-0.05, 0) is 96.6 Å². The van der Waals surface area contributed by atoms with Crippen molar-refractivity contribution in [2.45, 2.75) is 71.5 Å². The van der Waals surface area contributed by atoms with E-state index in [0.29, 0.717) is 30.3 Å². The molecule has 3 aromatic carbocycles. The van der Waals surface area contributed by atoms with Gasteiger partial charge in [0, 0.05) is 11.8 Å². The highest BCUT2D eigenvalue weighted by Crippen LogP contribution is 2.74. The van der Waals surface area contributed by atoms with Gasteiger partial charge in [-0.3, -0.25) is 0 Å². The molecule has 0 saturated heterocycles. The summed E-state index contributed by atoms with van der Waals surface area (Å²) in [6, 6.07) is 29.0. The average Bonchev–Trinajstić information content (AvgIpc) is 3.37. The van der Waals surface area contributed by atoms with Crippen LogP contribution in [0.3, 0.4) is 0 Å². The summed E-state index contributed by atoms with van der Waals surface area (Å²) in [4.78, 5) is 26.7. The minimum atomic E-state index is -0.285. The van der Waals surface area contributed by atoms with Gasteiger partial charge in [-0.25, -0.2) is 9.59 Å². The van der Waals surface area contributed by atoms with Gasteiger partial charge >= 0.3 is 11.9 Å². The maximum Gasteiger partial charge on any atom is 0.343 e. The first-order valence-electron chi connectivity index (χ1n) is 16.7. The highest BCUT2D eigenvalue weighted by atomic mass is 16.5. The molecule has 1 spiro atoms. The first-order valence-corrected chi connectivity index (χ1v) is 16.7. The van der Waals surface area contributed by atoms with Crippen molar-refractivity contribution in [2.75, 3.05) is 6.61 Å². The zero-order valence-corrected chi connectivity index (χ0v) is 26.5. The number of carbonyl (C=O) groups is 2. The molecule has 2 bridgehead atoms. The molecule has 3 saturated carbocycles. The van der Waals surface area contributed by atoms with E-state index in [2.05, 4.69) is 44.2 Å². The molecular formula is C40H44O5. The lowest BCUT2D eigenvalue weighted by molar-refractivity contribution is -0.214. The van der Waals surface area contributed by atoms with Gasteiger partial charge in [-0.1, -0.05) is 87.0 Å². The summed E-state index contributed by atoms with van der Waals surface area (Å²) in [6.07, 6.45) is 8.97. The van der Waals surface area contributed by atoms with Crippen LogP contribution in [0.4, 0.5) is 0 Å². The van der Waals surface area contributed by atoms with Gasteiger partial charge in [-0.15, -0.1) is 0 Å². The standard InChI is InChI=1S/C40H44O5/c1-38(27-43-26-28-13-6-3-7-14-28)20-12-21-39(2)35(38)34(45-37(42)30-17-10-5-11-18-30)24-32-23-31-25-40(32,39)22-19-33(31)44-36(41)29-15-8-4-9-16-29/h3-11,13-19,31-32,34-35H,12,20-27H2,1-2H3/t31-,32-,34-,35+,38+,39+,40+/m1/s1. The van der Waals surface area contributed by atoms with Crippen molar-refractivity contribution in [3.8, 4) is 0 Å². The Morgan fingerprint density at radius 1 is 0.800 bits per heavy atom. The number of carbonyl (C=O) groups excluding carboxylic acids is 2. The van der Waals surface area contributed by atoms with Gasteiger partial charge in [0.25, 0.3) is 0 Å². The van der Waals surface area contributed by atoms with Crippen LogP contribution in [0, 0.1) is 34.0 Å². The first kappa shape index (κ1) is 30.0. The third-order valence-corrected chi connectivity index (χ3v) is 12.0. The van der Waals surface area contributed by atoms with Gasteiger partial charge in [0.2, 0.25) is 0 Å². The summed E-state index contributed by atoms with van der Waals surface area (Å²) in [5.41, 5.74) is 2.21. The van der Waals surface area contributed by atoms with E-state index in [-0.39, 0.29) is 46.1 Å². The number of benzene rings is 3. The van der Waals surface area contributed by atoms with Crippen LogP contribution < -0.4 is 0 Å². The number of esters is 2. The normalized spacial score (nSPS) is 33.3. The second-order valence-corrected chi connectivity index (χ2v) is 14.5. The lowest BCUT2D eigenvalue weighted by Crippen LogP contribution is -2.63. The maximum absolute atomic E-state index is 13.6. The van der Waals surface area contributed by atoms with Gasteiger partial charge < -0.3 is 14.2 Å². The van der Waals surface area contributed by atoms with Crippen molar-refractivity contribution < 1.29 is 23.8 Å². The van der Waals surface area contributed by atoms with Gasteiger partial charge in [-0.2, -0.15) is 0 Å². The maximum atomic E-state index is 13.6. The number of rotatable bonds is 8. The molecule has 0 aromatic heterocycles. The lowest BCUT2D eigenvalue weighted by atomic mass is 9.39. The fourth-order valence-corrected chi connectivity index (χ4v) is 10.1. The van der Waals surface area contributed by atoms with Crippen molar-refractivity contribution in [1.29, 1.82) is 0 Å². The summed E-state index contributed by atoms with van der Waals surface area (Å²) in [6.45, 7) is 6.06. The van der Waals surface area contributed by atoms with E-state index in [1.54, 1.807) is 0 Å². The Bertz CT molecular complexity index is 1550. The van der Waals surface area contributed by atoms with Crippen molar-refractivity contribution in [1.82, 2.24) is 0 Å². The molecule has 4 aliphatic carbocycles. The van der Waals surface area contributed by atoms with Gasteiger partial charge in [0.15, 0.2) is 0 Å². The van der Waals surface area contributed by atoms with Crippen LogP contribution in [0.2, 0.25) is 0 Å². The van der Waals surface area contributed by atoms with Crippen LogP contribution in [0.1, 0.15) is 85.1 Å². The summed E-state index contributed by atoms with van der Waals surface area (Å²) >= 11 is 0. The third-order valence-electron chi connectivity index (χ3n) is 12.0. The predicted molar refractivity (Wildman–Crippen MR) is 173 cm³/mol. The predicted octanol–water partition coefficient (Wildman–Crippen LogP) is 8.80. The van der Waals surface area contributed by atoms with E-state index < -0.39 is 0 Å². The van der Waals surface area contributed by atoms with E-state index in [4.69, 9.17) is 14.2 Å². The summed E-state index contributed by atoms with van der Waals surface area (Å²) < 4.78 is 19.2. The van der Waals surface area contributed by atoms with E-state index in [1.807, 2.05) is 66.7 Å². The van der Waals surface area contributed by atoms with Crippen molar-refractivity contribution >= 4 is 11.9 Å².